The van der Waals surface area contributed by atoms with Crippen LogP contribution in [0.3, 0.4) is 0 Å². The molecule has 0 amide bonds. The zero-order valence-electron chi connectivity index (χ0n) is 11.2. The molecule has 0 spiro atoms. The van der Waals surface area contributed by atoms with Crippen molar-refractivity contribution in [2.45, 2.75) is 39.7 Å². The quantitative estimate of drug-likeness (QED) is 0.743. The van der Waals surface area contributed by atoms with Gasteiger partial charge in [-0.05, 0) is 36.8 Å². The molecule has 1 rings (SSSR count). The van der Waals surface area contributed by atoms with Gasteiger partial charge in [0.25, 0.3) is 0 Å². The standard InChI is InChI=1S/C14H22N2O2/c1-3-14(4-2,7-8-17)11-16-10-13-6-5-12(9-15)18-13/h5-6,16-17H,3-4,7-8,10-11H2,1-2H3. The maximum absolute atomic E-state index is 9.13. The van der Waals surface area contributed by atoms with Gasteiger partial charge in [0.15, 0.2) is 0 Å². The Kier molecular flexibility index (Phi) is 5.90. The van der Waals surface area contributed by atoms with Crippen LogP contribution in [0, 0.1) is 16.7 Å². The Morgan fingerprint density at radius 3 is 2.61 bits per heavy atom. The summed E-state index contributed by atoms with van der Waals surface area (Å²) in [6, 6.07) is 5.46. The van der Waals surface area contributed by atoms with E-state index >= 15 is 0 Å². The van der Waals surface area contributed by atoms with Crippen LogP contribution in [0.5, 0.6) is 0 Å². The minimum atomic E-state index is 0.152. The predicted octanol–water partition coefficient (Wildman–Crippen LogP) is 2.43. The van der Waals surface area contributed by atoms with E-state index in [1.54, 1.807) is 6.07 Å². The second-order valence-corrected chi connectivity index (χ2v) is 4.66. The van der Waals surface area contributed by atoms with Crippen LogP contribution in [-0.4, -0.2) is 18.3 Å². The third-order valence-corrected chi connectivity index (χ3v) is 3.71. The molecule has 0 atom stereocenters. The summed E-state index contributed by atoms with van der Waals surface area (Å²) in [5, 5.41) is 21.1. The van der Waals surface area contributed by atoms with E-state index in [1.807, 2.05) is 12.1 Å². The van der Waals surface area contributed by atoms with Gasteiger partial charge < -0.3 is 14.8 Å². The van der Waals surface area contributed by atoms with Crippen LogP contribution in [0.15, 0.2) is 16.5 Å². The van der Waals surface area contributed by atoms with Crippen molar-refractivity contribution in [3.05, 3.63) is 23.7 Å². The Bertz CT molecular complexity index is 389. The molecule has 1 aromatic rings. The maximum atomic E-state index is 9.13. The first-order valence-corrected chi connectivity index (χ1v) is 6.50. The van der Waals surface area contributed by atoms with E-state index in [1.165, 1.54) is 0 Å². The van der Waals surface area contributed by atoms with Crippen molar-refractivity contribution in [3.8, 4) is 6.07 Å². The zero-order valence-corrected chi connectivity index (χ0v) is 11.2. The lowest BCUT2D eigenvalue weighted by atomic mass is 9.79. The van der Waals surface area contributed by atoms with E-state index in [0.29, 0.717) is 12.3 Å². The van der Waals surface area contributed by atoms with Crippen molar-refractivity contribution in [3.63, 3.8) is 0 Å². The summed E-state index contributed by atoms with van der Waals surface area (Å²) in [7, 11) is 0. The third-order valence-electron chi connectivity index (χ3n) is 3.71. The van der Waals surface area contributed by atoms with Crippen LogP contribution < -0.4 is 5.32 Å². The van der Waals surface area contributed by atoms with Gasteiger partial charge in [-0.25, -0.2) is 0 Å². The largest absolute Gasteiger partial charge is 0.449 e. The van der Waals surface area contributed by atoms with E-state index < -0.39 is 0 Å². The number of hydrogen-bond acceptors (Lipinski definition) is 4. The SMILES string of the molecule is CCC(CC)(CCO)CNCc1ccc(C#N)o1. The van der Waals surface area contributed by atoms with Gasteiger partial charge in [-0.15, -0.1) is 0 Å². The van der Waals surface area contributed by atoms with Crippen LogP contribution in [0.2, 0.25) is 0 Å². The molecule has 0 fully saturated rings. The van der Waals surface area contributed by atoms with E-state index in [0.717, 1.165) is 31.6 Å². The van der Waals surface area contributed by atoms with Crippen LogP contribution in [-0.2, 0) is 6.54 Å². The smallest absolute Gasteiger partial charge is 0.203 e. The second kappa shape index (κ2) is 7.20. The lowest BCUT2D eigenvalue weighted by molar-refractivity contribution is 0.162. The van der Waals surface area contributed by atoms with E-state index in [4.69, 9.17) is 14.8 Å². The van der Waals surface area contributed by atoms with Crippen molar-refractivity contribution in [2.75, 3.05) is 13.2 Å². The van der Waals surface area contributed by atoms with Crippen molar-refractivity contribution in [1.29, 1.82) is 5.26 Å². The minimum absolute atomic E-state index is 0.152. The van der Waals surface area contributed by atoms with E-state index in [9.17, 15) is 0 Å². The Labute approximate surface area is 109 Å². The molecule has 4 nitrogen and oxygen atoms in total. The molecule has 0 aliphatic rings. The van der Waals surface area contributed by atoms with Gasteiger partial charge in [-0.1, -0.05) is 13.8 Å². The number of furan rings is 1. The summed E-state index contributed by atoms with van der Waals surface area (Å²) in [6.07, 6.45) is 2.89. The Morgan fingerprint density at radius 1 is 1.39 bits per heavy atom. The summed E-state index contributed by atoms with van der Waals surface area (Å²) in [4.78, 5) is 0. The molecule has 0 aromatic carbocycles. The van der Waals surface area contributed by atoms with Crippen molar-refractivity contribution < 1.29 is 9.52 Å². The molecule has 1 heterocycles. The van der Waals surface area contributed by atoms with Crippen LogP contribution >= 0.6 is 0 Å². The molecule has 0 aliphatic heterocycles. The summed E-state index contributed by atoms with van der Waals surface area (Å²) >= 11 is 0. The van der Waals surface area contributed by atoms with Crippen molar-refractivity contribution in [2.24, 2.45) is 5.41 Å². The van der Waals surface area contributed by atoms with Crippen LogP contribution in [0.1, 0.15) is 44.6 Å². The summed E-state index contributed by atoms with van der Waals surface area (Å²) in [5.74, 6) is 1.12. The number of aliphatic hydroxyl groups excluding tert-OH is 1. The Balaban J connectivity index is 2.46. The van der Waals surface area contributed by atoms with Gasteiger partial charge in [0, 0.05) is 13.2 Å². The lowest BCUT2D eigenvalue weighted by Gasteiger charge is -2.31. The first-order valence-electron chi connectivity index (χ1n) is 6.50. The average molecular weight is 250 g/mol. The van der Waals surface area contributed by atoms with Gasteiger partial charge in [-0.2, -0.15) is 5.26 Å². The molecule has 0 saturated carbocycles. The number of hydrogen-bond donors (Lipinski definition) is 2. The van der Waals surface area contributed by atoms with Crippen LogP contribution in [0.4, 0.5) is 0 Å². The van der Waals surface area contributed by atoms with Gasteiger partial charge in [0.05, 0.1) is 6.54 Å². The van der Waals surface area contributed by atoms with Gasteiger partial charge in [-0.3, -0.25) is 0 Å². The molecule has 0 unspecified atom stereocenters. The van der Waals surface area contributed by atoms with Crippen LogP contribution in [0.25, 0.3) is 0 Å². The highest BCUT2D eigenvalue weighted by atomic mass is 16.3. The molecule has 2 N–H and O–H groups in total. The molecule has 0 bridgehead atoms. The Morgan fingerprint density at radius 2 is 2.11 bits per heavy atom. The monoisotopic (exact) mass is 250 g/mol. The molecule has 1 aromatic heterocycles. The van der Waals surface area contributed by atoms with Crippen molar-refractivity contribution >= 4 is 0 Å². The third kappa shape index (κ3) is 3.86. The van der Waals surface area contributed by atoms with Crippen molar-refractivity contribution in [1.82, 2.24) is 5.32 Å². The maximum Gasteiger partial charge on any atom is 0.203 e. The molecule has 0 saturated heterocycles. The molecular formula is C14H22N2O2. The zero-order chi connectivity index (χ0) is 13.4. The number of rotatable bonds is 8. The molecule has 4 heteroatoms. The predicted molar refractivity (Wildman–Crippen MR) is 69.8 cm³/mol. The first-order chi connectivity index (χ1) is 8.69. The fourth-order valence-corrected chi connectivity index (χ4v) is 2.16. The highest BCUT2D eigenvalue weighted by Gasteiger charge is 2.24. The summed E-state index contributed by atoms with van der Waals surface area (Å²) in [5.41, 5.74) is 0.152. The molecule has 18 heavy (non-hydrogen) atoms. The lowest BCUT2D eigenvalue weighted by Crippen LogP contribution is -2.34. The molecule has 100 valence electrons. The first kappa shape index (κ1) is 14.7. The molecule has 0 radical (unpaired) electrons. The number of nitrogens with one attached hydrogen (secondary N) is 1. The molecule has 0 aliphatic carbocycles. The Hall–Kier alpha value is -1.31. The fourth-order valence-electron chi connectivity index (χ4n) is 2.16. The normalized spacial score (nSPS) is 11.4. The number of nitrogens with zero attached hydrogens (tertiary/aromatic N) is 1. The average Bonchev–Trinajstić information content (AvgIpc) is 2.85. The van der Waals surface area contributed by atoms with E-state index in [-0.39, 0.29) is 12.0 Å². The fraction of sp³-hybridized carbons (Fsp3) is 0.643. The van der Waals surface area contributed by atoms with Gasteiger partial charge in [0.1, 0.15) is 11.8 Å². The summed E-state index contributed by atoms with van der Waals surface area (Å²) in [6.45, 7) is 6.00. The number of nitriles is 1. The van der Waals surface area contributed by atoms with E-state index in [2.05, 4.69) is 19.2 Å². The second-order valence-electron chi connectivity index (χ2n) is 4.66. The van der Waals surface area contributed by atoms with Gasteiger partial charge in [0.2, 0.25) is 5.76 Å². The van der Waals surface area contributed by atoms with Gasteiger partial charge >= 0.3 is 0 Å². The highest BCUT2D eigenvalue weighted by Crippen LogP contribution is 2.29. The minimum Gasteiger partial charge on any atom is -0.449 e. The highest BCUT2D eigenvalue weighted by molar-refractivity contribution is 5.18. The summed E-state index contributed by atoms with van der Waals surface area (Å²) < 4.78 is 5.30. The molecular weight excluding hydrogens is 228 g/mol. The topological polar surface area (TPSA) is 69.2 Å². The number of aliphatic hydroxyl groups is 1.